The van der Waals surface area contributed by atoms with Crippen LogP contribution in [0.25, 0.3) is 0 Å². The first-order valence-corrected chi connectivity index (χ1v) is 13.1. The van der Waals surface area contributed by atoms with Crippen molar-refractivity contribution in [1.29, 1.82) is 0 Å². The quantitative estimate of drug-likeness (QED) is 0.308. The number of thiocarbonyl (C=S) groups is 1. The molecule has 10 heteroatoms. The second kappa shape index (κ2) is 10.5. The lowest BCUT2D eigenvalue weighted by Crippen LogP contribution is -2.23. The first kappa shape index (κ1) is 23.6. The number of thiophene rings is 1. The Labute approximate surface area is 192 Å². The van der Waals surface area contributed by atoms with Gasteiger partial charge in [-0.25, -0.2) is 17.9 Å². The Balaban J connectivity index is 1.76. The lowest BCUT2D eigenvalue weighted by molar-refractivity contribution is 0.0527. The highest BCUT2D eigenvalue weighted by atomic mass is 32.2. The monoisotopic (exact) mass is 481 g/mol. The number of hydrogen-bond acceptors (Lipinski definition) is 6. The Morgan fingerprint density at radius 2 is 1.81 bits per heavy atom. The molecule has 2 aromatic rings. The Morgan fingerprint density at radius 1 is 1.10 bits per heavy atom. The van der Waals surface area contributed by atoms with E-state index in [1.54, 1.807) is 37.3 Å². The van der Waals surface area contributed by atoms with Crippen LogP contribution in [0.1, 0.15) is 53.9 Å². The number of benzene rings is 1. The normalized spacial score (nSPS) is 13.7. The third-order valence-corrected chi connectivity index (χ3v) is 7.86. The van der Waals surface area contributed by atoms with Crippen LogP contribution in [0, 0.1) is 0 Å². The fourth-order valence-corrected chi connectivity index (χ4v) is 6.11. The Morgan fingerprint density at radius 3 is 2.48 bits per heavy atom. The van der Waals surface area contributed by atoms with Crippen LogP contribution < -0.4 is 15.4 Å². The lowest BCUT2D eigenvalue weighted by Gasteiger charge is -2.12. The molecular formula is C21H27N3O4S3. The maximum Gasteiger partial charge on any atom is 0.341 e. The molecular weight excluding hydrogens is 454 g/mol. The summed E-state index contributed by atoms with van der Waals surface area (Å²) in [6, 6.07) is 6.32. The number of esters is 1. The van der Waals surface area contributed by atoms with E-state index in [0.29, 0.717) is 34.5 Å². The van der Waals surface area contributed by atoms with Gasteiger partial charge in [-0.2, -0.15) is 0 Å². The van der Waals surface area contributed by atoms with E-state index in [0.717, 1.165) is 37.7 Å². The summed E-state index contributed by atoms with van der Waals surface area (Å²) in [4.78, 5) is 14.1. The molecule has 0 amide bonds. The average Bonchev–Trinajstić information content (AvgIpc) is 2.89. The van der Waals surface area contributed by atoms with Crippen molar-refractivity contribution in [3.8, 4) is 0 Å². The molecule has 1 aromatic heterocycles. The van der Waals surface area contributed by atoms with Gasteiger partial charge < -0.3 is 15.4 Å². The highest BCUT2D eigenvalue weighted by molar-refractivity contribution is 7.89. The topological polar surface area (TPSA) is 96.5 Å². The van der Waals surface area contributed by atoms with Crippen molar-refractivity contribution in [2.24, 2.45) is 0 Å². The molecule has 0 spiro atoms. The number of nitrogens with one attached hydrogen (secondary N) is 3. The first-order valence-electron chi connectivity index (χ1n) is 10.3. The van der Waals surface area contributed by atoms with Crippen LogP contribution in [-0.4, -0.2) is 32.7 Å². The van der Waals surface area contributed by atoms with E-state index in [2.05, 4.69) is 15.4 Å². The van der Waals surface area contributed by atoms with Crippen molar-refractivity contribution in [3.63, 3.8) is 0 Å². The van der Waals surface area contributed by atoms with Crippen LogP contribution in [0.3, 0.4) is 0 Å². The smallest absolute Gasteiger partial charge is 0.341 e. The van der Waals surface area contributed by atoms with E-state index in [-0.39, 0.29) is 10.9 Å². The van der Waals surface area contributed by atoms with Gasteiger partial charge in [-0.3, -0.25) is 0 Å². The standard InChI is InChI=1S/C21H27N3O4S3/c1-3-22-31(26,27)15-12-10-14(11-13-15)23-21(29)24-19-18(20(25)28-4-2)16-8-6-5-7-9-17(16)30-19/h10-13,22H,3-9H2,1-2H3,(H2,23,24,29). The highest BCUT2D eigenvalue weighted by Gasteiger charge is 2.26. The number of sulfonamides is 1. The third kappa shape index (κ3) is 5.82. The number of ether oxygens (including phenoxy) is 1. The first-order chi connectivity index (χ1) is 14.9. The molecule has 1 heterocycles. The zero-order valence-corrected chi connectivity index (χ0v) is 20.1. The summed E-state index contributed by atoms with van der Waals surface area (Å²) in [7, 11) is -3.51. The van der Waals surface area contributed by atoms with Gasteiger partial charge in [0.15, 0.2) is 5.11 Å². The van der Waals surface area contributed by atoms with Gasteiger partial charge in [0.2, 0.25) is 10.0 Å². The third-order valence-electron chi connectivity index (χ3n) is 4.88. The van der Waals surface area contributed by atoms with Crippen LogP contribution in [0.5, 0.6) is 0 Å². The van der Waals surface area contributed by atoms with Crippen LogP contribution in [0.15, 0.2) is 29.2 Å². The van der Waals surface area contributed by atoms with Crippen LogP contribution >= 0.6 is 23.6 Å². The van der Waals surface area contributed by atoms with Crippen molar-refractivity contribution in [1.82, 2.24) is 4.72 Å². The second-order valence-electron chi connectivity index (χ2n) is 7.09. The van der Waals surface area contributed by atoms with Crippen molar-refractivity contribution in [2.45, 2.75) is 50.8 Å². The zero-order valence-electron chi connectivity index (χ0n) is 17.6. The number of carbonyl (C=O) groups excluding carboxylic acids is 1. The number of fused-ring (bicyclic) bond motifs is 1. The maximum absolute atomic E-state index is 12.7. The van der Waals surface area contributed by atoms with Crippen molar-refractivity contribution < 1.29 is 17.9 Å². The van der Waals surface area contributed by atoms with Crippen molar-refractivity contribution in [3.05, 3.63) is 40.3 Å². The van der Waals surface area contributed by atoms with Gasteiger partial charge in [-0.05, 0) is 74.7 Å². The molecule has 0 aliphatic heterocycles. The van der Waals surface area contributed by atoms with Gasteiger partial charge in [-0.15, -0.1) is 11.3 Å². The van der Waals surface area contributed by atoms with E-state index < -0.39 is 10.0 Å². The number of anilines is 2. The van der Waals surface area contributed by atoms with Gasteiger partial charge in [0.1, 0.15) is 5.00 Å². The fourth-order valence-electron chi connectivity index (χ4n) is 3.51. The molecule has 0 atom stereocenters. The maximum atomic E-state index is 12.7. The molecule has 3 rings (SSSR count). The number of rotatable bonds is 7. The molecule has 0 saturated carbocycles. The van der Waals surface area contributed by atoms with Gasteiger partial charge in [0.25, 0.3) is 0 Å². The summed E-state index contributed by atoms with van der Waals surface area (Å²) < 4.78 is 31.9. The molecule has 168 valence electrons. The predicted molar refractivity (Wildman–Crippen MR) is 129 cm³/mol. The van der Waals surface area contributed by atoms with Crippen molar-refractivity contribution in [2.75, 3.05) is 23.8 Å². The molecule has 0 bridgehead atoms. The minimum atomic E-state index is -3.51. The summed E-state index contributed by atoms with van der Waals surface area (Å²) in [6.07, 6.45) is 5.14. The summed E-state index contributed by atoms with van der Waals surface area (Å²) in [6.45, 7) is 4.16. The van der Waals surface area contributed by atoms with Gasteiger partial charge in [0, 0.05) is 17.1 Å². The molecule has 1 aliphatic rings. The number of hydrogen-bond donors (Lipinski definition) is 3. The molecule has 0 fully saturated rings. The summed E-state index contributed by atoms with van der Waals surface area (Å²) in [5.41, 5.74) is 2.30. The summed E-state index contributed by atoms with van der Waals surface area (Å²) in [5, 5.41) is 7.21. The van der Waals surface area contributed by atoms with Crippen molar-refractivity contribution >= 4 is 55.3 Å². The number of carbonyl (C=O) groups is 1. The minimum Gasteiger partial charge on any atom is -0.462 e. The van der Waals surface area contributed by atoms with E-state index >= 15 is 0 Å². The molecule has 1 aromatic carbocycles. The highest BCUT2D eigenvalue weighted by Crippen LogP contribution is 2.38. The molecule has 0 radical (unpaired) electrons. The Bertz CT molecular complexity index is 1050. The molecule has 3 N–H and O–H groups in total. The minimum absolute atomic E-state index is 0.186. The summed E-state index contributed by atoms with van der Waals surface area (Å²) in [5.74, 6) is -0.329. The van der Waals surface area contributed by atoms with Crippen LogP contribution in [0.4, 0.5) is 10.7 Å². The molecule has 0 unspecified atom stereocenters. The molecule has 31 heavy (non-hydrogen) atoms. The van der Waals surface area contributed by atoms with E-state index in [4.69, 9.17) is 17.0 Å². The van der Waals surface area contributed by atoms with E-state index in [9.17, 15) is 13.2 Å². The van der Waals surface area contributed by atoms with Gasteiger partial charge in [-0.1, -0.05) is 13.3 Å². The largest absolute Gasteiger partial charge is 0.462 e. The molecule has 1 aliphatic carbocycles. The summed E-state index contributed by atoms with van der Waals surface area (Å²) >= 11 is 7.00. The molecule has 0 saturated heterocycles. The van der Waals surface area contributed by atoms with Crippen LogP contribution in [-0.2, 0) is 27.6 Å². The average molecular weight is 482 g/mol. The lowest BCUT2D eigenvalue weighted by atomic mass is 10.1. The second-order valence-corrected chi connectivity index (χ2v) is 10.4. The Hall–Kier alpha value is -2.01. The van der Waals surface area contributed by atoms with Gasteiger partial charge in [0.05, 0.1) is 17.1 Å². The Kier molecular flexibility index (Phi) is 8.04. The van der Waals surface area contributed by atoms with Crippen LogP contribution in [0.2, 0.25) is 0 Å². The number of aryl methyl sites for hydroxylation is 1. The predicted octanol–water partition coefficient (Wildman–Crippen LogP) is 4.30. The molecule has 7 nitrogen and oxygen atoms in total. The van der Waals surface area contributed by atoms with E-state index in [1.807, 2.05) is 0 Å². The van der Waals surface area contributed by atoms with Gasteiger partial charge >= 0.3 is 5.97 Å². The SMILES string of the molecule is CCNS(=O)(=O)c1ccc(NC(=S)Nc2sc3c(c2C(=O)OCC)CCCCC3)cc1. The fraction of sp³-hybridized carbons (Fsp3) is 0.429. The zero-order chi connectivity index (χ0) is 22.4. The van der Waals surface area contributed by atoms with E-state index in [1.165, 1.54) is 17.0 Å².